The summed E-state index contributed by atoms with van der Waals surface area (Å²) in [6, 6.07) is 4.68. The summed E-state index contributed by atoms with van der Waals surface area (Å²) in [4.78, 5) is 7.86. The molecule has 0 amide bonds. The van der Waals surface area contributed by atoms with Crippen LogP contribution in [0, 0.1) is 12.9 Å². The molecule has 2 aromatic heterocycles. The second-order valence-electron chi connectivity index (χ2n) is 2.51. The fraction of sp³-hybridized carbons (Fsp3) is 0.125. The second kappa shape index (κ2) is 4.02. The van der Waals surface area contributed by atoms with E-state index in [9.17, 15) is 4.39 Å². The van der Waals surface area contributed by atoms with Gasteiger partial charge in [-0.2, -0.15) is 8.76 Å². The van der Waals surface area contributed by atoms with Crippen molar-refractivity contribution in [3.8, 4) is 0 Å². The smallest absolute Gasteiger partial charge is 0.213 e. The van der Waals surface area contributed by atoms with Crippen LogP contribution in [0.3, 0.4) is 0 Å². The van der Waals surface area contributed by atoms with Gasteiger partial charge in [-0.05, 0) is 42.4 Å². The van der Waals surface area contributed by atoms with Gasteiger partial charge in [-0.25, -0.2) is 9.97 Å². The Bertz CT molecular complexity index is 444. The quantitative estimate of drug-likeness (QED) is 0.739. The first-order chi connectivity index (χ1) is 6.74. The molecule has 2 aromatic rings. The molecule has 0 radical (unpaired) electrons. The Morgan fingerprint density at radius 1 is 1.36 bits per heavy atom. The Morgan fingerprint density at radius 3 is 2.86 bits per heavy atom. The molecule has 0 aliphatic rings. The van der Waals surface area contributed by atoms with Gasteiger partial charge >= 0.3 is 0 Å². The van der Waals surface area contributed by atoms with E-state index in [2.05, 4.69) is 14.3 Å². The minimum atomic E-state index is -0.476. The minimum Gasteiger partial charge on any atom is -0.213 e. The average molecular weight is 227 g/mol. The number of rotatable bonds is 2. The first-order valence-corrected chi connectivity index (χ1v) is 5.44. The normalized spacial score (nSPS) is 10.4. The Balaban J connectivity index is 2.18. The molecular weight excluding hydrogens is 221 g/mol. The third-order valence-electron chi connectivity index (χ3n) is 1.39. The Hall–Kier alpha value is -1.01. The molecule has 0 aliphatic heterocycles. The molecule has 0 N–H and O–H groups in total. The summed E-state index contributed by atoms with van der Waals surface area (Å²) in [6.45, 7) is 1.82. The lowest BCUT2D eigenvalue weighted by Gasteiger charge is -1.94. The molecule has 72 valence electrons. The maximum atomic E-state index is 12.7. The molecule has 0 aromatic carbocycles. The fourth-order valence-electron chi connectivity index (χ4n) is 0.855. The molecule has 0 saturated carbocycles. The van der Waals surface area contributed by atoms with E-state index in [4.69, 9.17) is 0 Å². The van der Waals surface area contributed by atoms with Gasteiger partial charge in [0, 0.05) is 0 Å². The van der Waals surface area contributed by atoms with Crippen molar-refractivity contribution in [2.75, 3.05) is 0 Å². The van der Waals surface area contributed by atoms with E-state index in [1.54, 1.807) is 12.1 Å². The third-order valence-corrected chi connectivity index (χ3v) is 3.17. The highest BCUT2D eigenvalue weighted by Gasteiger charge is 2.04. The lowest BCUT2D eigenvalue weighted by Crippen LogP contribution is -1.83. The summed E-state index contributed by atoms with van der Waals surface area (Å²) in [7, 11) is 0. The molecule has 2 heterocycles. The topological polar surface area (TPSA) is 38.7 Å². The molecule has 0 aliphatic carbocycles. The van der Waals surface area contributed by atoms with Gasteiger partial charge in [0.1, 0.15) is 10.9 Å². The molecule has 3 nitrogen and oxygen atoms in total. The van der Waals surface area contributed by atoms with Crippen molar-refractivity contribution in [3.63, 3.8) is 0 Å². The molecule has 0 spiro atoms. The van der Waals surface area contributed by atoms with Crippen LogP contribution in [0.15, 0.2) is 27.6 Å². The molecule has 6 heteroatoms. The van der Waals surface area contributed by atoms with Gasteiger partial charge in [-0.1, -0.05) is 6.07 Å². The Labute approximate surface area is 88.6 Å². The predicted molar refractivity (Wildman–Crippen MR) is 53.0 cm³/mol. The summed E-state index contributed by atoms with van der Waals surface area (Å²) in [5.74, 6) is 0.255. The van der Waals surface area contributed by atoms with Crippen LogP contribution in [-0.4, -0.2) is 14.3 Å². The fourth-order valence-corrected chi connectivity index (χ4v) is 2.43. The van der Waals surface area contributed by atoms with Gasteiger partial charge in [0.05, 0.1) is 0 Å². The lowest BCUT2D eigenvalue weighted by molar-refractivity contribution is 0.572. The van der Waals surface area contributed by atoms with Crippen LogP contribution in [-0.2, 0) is 0 Å². The van der Waals surface area contributed by atoms with Gasteiger partial charge in [-0.15, -0.1) is 0 Å². The van der Waals surface area contributed by atoms with Gasteiger partial charge in [0.25, 0.3) is 0 Å². The highest BCUT2D eigenvalue weighted by atomic mass is 32.2. The predicted octanol–water partition coefficient (Wildman–Crippen LogP) is 2.53. The average Bonchev–Trinajstić information content (AvgIpc) is 2.51. The Kier molecular flexibility index (Phi) is 2.74. The van der Waals surface area contributed by atoms with E-state index in [-0.39, 0.29) is 0 Å². The first kappa shape index (κ1) is 9.54. The first-order valence-electron chi connectivity index (χ1n) is 3.85. The van der Waals surface area contributed by atoms with Gasteiger partial charge in [0.2, 0.25) is 5.95 Å². The zero-order valence-corrected chi connectivity index (χ0v) is 8.90. The molecule has 0 fully saturated rings. The molecule has 0 atom stereocenters. The van der Waals surface area contributed by atoms with E-state index in [0.717, 1.165) is 10.2 Å². The molecule has 0 unspecified atom stereocenters. The van der Waals surface area contributed by atoms with Crippen LogP contribution in [0.4, 0.5) is 4.39 Å². The largest absolute Gasteiger partial charge is 0.213 e. The SMILES string of the molecule is Cc1nsc(Sc2cccc(F)n2)n1. The molecule has 2 rings (SSSR count). The molecule has 0 saturated heterocycles. The third kappa shape index (κ3) is 2.27. The number of halogens is 1. The van der Waals surface area contributed by atoms with E-state index in [1.807, 2.05) is 6.92 Å². The lowest BCUT2D eigenvalue weighted by atomic mass is 10.5. The number of hydrogen-bond donors (Lipinski definition) is 0. The number of hydrogen-bond acceptors (Lipinski definition) is 5. The van der Waals surface area contributed by atoms with Crippen molar-refractivity contribution in [2.24, 2.45) is 0 Å². The standard InChI is InChI=1S/C8H6FN3S2/c1-5-10-8(14-12-5)13-7-4-2-3-6(9)11-7/h2-4H,1H3. The van der Waals surface area contributed by atoms with Crippen molar-refractivity contribution < 1.29 is 4.39 Å². The number of aryl methyl sites for hydroxylation is 1. The van der Waals surface area contributed by atoms with Crippen molar-refractivity contribution in [1.82, 2.24) is 14.3 Å². The highest BCUT2D eigenvalue weighted by molar-refractivity contribution is 8.00. The summed E-state index contributed by atoms with van der Waals surface area (Å²) >= 11 is 2.61. The maximum Gasteiger partial charge on any atom is 0.213 e. The van der Waals surface area contributed by atoms with Crippen molar-refractivity contribution in [1.29, 1.82) is 0 Å². The van der Waals surface area contributed by atoms with Crippen molar-refractivity contribution in [2.45, 2.75) is 16.3 Å². The van der Waals surface area contributed by atoms with Gasteiger partial charge in [0.15, 0.2) is 4.34 Å². The van der Waals surface area contributed by atoms with Gasteiger partial charge < -0.3 is 0 Å². The van der Waals surface area contributed by atoms with Crippen LogP contribution < -0.4 is 0 Å². The van der Waals surface area contributed by atoms with Crippen LogP contribution >= 0.6 is 23.3 Å². The molecule has 0 bridgehead atoms. The van der Waals surface area contributed by atoms with E-state index >= 15 is 0 Å². The minimum absolute atomic E-state index is 0.476. The highest BCUT2D eigenvalue weighted by Crippen LogP contribution is 2.26. The van der Waals surface area contributed by atoms with E-state index in [1.165, 1.54) is 29.4 Å². The van der Waals surface area contributed by atoms with Crippen molar-refractivity contribution in [3.05, 3.63) is 30.0 Å². The van der Waals surface area contributed by atoms with Crippen LogP contribution in [0.1, 0.15) is 5.82 Å². The summed E-state index contributed by atoms with van der Waals surface area (Å²) in [6.07, 6.45) is 0. The van der Waals surface area contributed by atoms with Crippen LogP contribution in [0.2, 0.25) is 0 Å². The summed E-state index contributed by atoms with van der Waals surface area (Å²) in [5, 5.41) is 0.598. The number of aromatic nitrogens is 3. The molecule has 14 heavy (non-hydrogen) atoms. The van der Waals surface area contributed by atoms with Crippen LogP contribution in [0.25, 0.3) is 0 Å². The summed E-state index contributed by atoms with van der Waals surface area (Å²) in [5.41, 5.74) is 0. The monoisotopic (exact) mass is 227 g/mol. The van der Waals surface area contributed by atoms with Crippen molar-refractivity contribution >= 4 is 23.3 Å². The molecular formula is C8H6FN3S2. The second-order valence-corrected chi connectivity index (χ2v) is 4.53. The number of nitrogens with zero attached hydrogens (tertiary/aromatic N) is 3. The zero-order valence-electron chi connectivity index (χ0n) is 7.27. The maximum absolute atomic E-state index is 12.7. The Morgan fingerprint density at radius 2 is 2.21 bits per heavy atom. The number of pyridine rings is 1. The van der Waals surface area contributed by atoms with E-state index < -0.39 is 5.95 Å². The van der Waals surface area contributed by atoms with Crippen LogP contribution in [0.5, 0.6) is 0 Å². The van der Waals surface area contributed by atoms with Gasteiger partial charge in [-0.3, -0.25) is 0 Å². The zero-order chi connectivity index (χ0) is 9.97. The summed E-state index contributed by atoms with van der Waals surface area (Å²) < 4.78 is 17.5. The van der Waals surface area contributed by atoms with E-state index in [0.29, 0.717) is 5.03 Å².